The van der Waals surface area contributed by atoms with Crippen LogP contribution in [0.2, 0.25) is 0 Å². The molecular weight excluding hydrogens is 326 g/mol. The fourth-order valence-corrected chi connectivity index (χ4v) is 2.71. The average Bonchev–Trinajstić information content (AvgIpc) is 2.70. The summed E-state index contributed by atoms with van der Waals surface area (Å²) in [5.41, 5.74) is 4.28. The van der Waals surface area contributed by atoms with Gasteiger partial charge in [-0.15, -0.1) is 0 Å². The molecule has 0 aliphatic rings. The Morgan fingerprint density at radius 1 is 0.962 bits per heavy atom. The number of benzene rings is 2. The first-order valence-electron chi connectivity index (χ1n) is 8.59. The van der Waals surface area contributed by atoms with Crippen molar-refractivity contribution in [3.05, 3.63) is 87.7 Å². The third kappa shape index (κ3) is 3.88. The summed E-state index contributed by atoms with van der Waals surface area (Å²) >= 11 is 0. The van der Waals surface area contributed by atoms with Gasteiger partial charge in [0, 0.05) is 24.2 Å². The van der Waals surface area contributed by atoms with E-state index in [9.17, 15) is 9.59 Å². The lowest BCUT2D eigenvalue weighted by atomic mass is 10.1. The maximum atomic E-state index is 12.2. The third-order valence-electron chi connectivity index (χ3n) is 4.30. The number of aryl methyl sites for hydroxylation is 1. The molecule has 0 fully saturated rings. The molecule has 0 spiro atoms. The summed E-state index contributed by atoms with van der Waals surface area (Å²) in [7, 11) is 1.60. The predicted octanol–water partition coefficient (Wildman–Crippen LogP) is 2.88. The molecule has 3 rings (SSSR count). The molecule has 0 atom stereocenters. The molecule has 2 aromatic carbocycles. The van der Waals surface area contributed by atoms with Crippen LogP contribution in [0.4, 0.5) is 0 Å². The summed E-state index contributed by atoms with van der Waals surface area (Å²) in [6.45, 7) is 2.53. The maximum Gasteiger partial charge on any atom is 0.267 e. The maximum absolute atomic E-state index is 12.2. The van der Waals surface area contributed by atoms with Gasteiger partial charge in [0.05, 0.1) is 12.2 Å². The van der Waals surface area contributed by atoms with Crippen LogP contribution in [-0.2, 0) is 13.0 Å². The Morgan fingerprint density at radius 3 is 2.23 bits per heavy atom. The standard InChI is InChI=1S/C21H21N3O2/c1-3-15-4-6-16(7-5-15)14-24-20(25)13-12-19(23-24)17-8-10-18(11-9-17)21(26)22-2/h4-13H,3,14H2,1-2H3,(H,22,26). The molecule has 0 radical (unpaired) electrons. The van der Waals surface area contributed by atoms with Crippen LogP contribution in [0.3, 0.4) is 0 Å². The average molecular weight is 347 g/mol. The van der Waals surface area contributed by atoms with Gasteiger partial charge in [0.1, 0.15) is 0 Å². The van der Waals surface area contributed by atoms with Crippen LogP contribution in [-0.4, -0.2) is 22.7 Å². The second-order valence-corrected chi connectivity index (χ2v) is 6.04. The highest BCUT2D eigenvalue weighted by Crippen LogP contribution is 2.16. The number of nitrogens with one attached hydrogen (secondary N) is 1. The first-order valence-corrected chi connectivity index (χ1v) is 8.59. The van der Waals surface area contributed by atoms with Crippen molar-refractivity contribution in [1.82, 2.24) is 15.1 Å². The topological polar surface area (TPSA) is 64.0 Å². The molecule has 0 aliphatic heterocycles. The SMILES string of the molecule is CCc1ccc(Cn2nc(-c3ccc(C(=O)NC)cc3)ccc2=O)cc1. The molecule has 0 saturated carbocycles. The number of carbonyl (C=O) groups excluding carboxylic acids is 1. The van der Waals surface area contributed by atoms with Crippen molar-refractivity contribution in [2.75, 3.05) is 7.05 Å². The summed E-state index contributed by atoms with van der Waals surface area (Å²) in [6.07, 6.45) is 0.986. The third-order valence-corrected chi connectivity index (χ3v) is 4.30. The molecule has 1 heterocycles. The van der Waals surface area contributed by atoms with E-state index >= 15 is 0 Å². The summed E-state index contributed by atoms with van der Waals surface area (Å²) in [4.78, 5) is 23.8. The van der Waals surface area contributed by atoms with Gasteiger partial charge in [0.25, 0.3) is 11.5 Å². The molecule has 0 unspecified atom stereocenters. The highest BCUT2D eigenvalue weighted by atomic mass is 16.1. The number of nitrogens with zero attached hydrogens (tertiary/aromatic N) is 2. The zero-order valence-electron chi connectivity index (χ0n) is 14.9. The molecule has 132 valence electrons. The van der Waals surface area contributed by atoms with Gasteiger partial charge in [-0.2, -0.15) is 5.10 Å². The Labute approximate surface area is 152 Å². The molecule has 26 heavy (non-hydrogen) atoms. The number of aromatic nitrogens is 2. The van der Waals surface area contributed by atoms with Gasteiger partial charge < -0.3 is 5.32 Å². The number of amides is 1. The molecule has 1 N–H and O–H groups in total. The molecule has 0 aliphatic carbocycles. The summed E-state index contributed by atoms with van der Waals surface area (Å²) < 4.78 is 1.46. The molecule has 3 aromatic rings. The Bertz CT molecular complexity index is 958. The number of carbonyl (C=O) groups is 1. The minimum absolute atomic E-state index is 0.134. The quantitative estimate of drug-likeness (QED) is 0.772. The fraction of sp³-hybridized carbons (Fsp3) is 0.190. The van der Waals surface area contributed by atoms with Crippen LogP contribution in [0.1, 0.15) is 28.4 Å². The van der Waals surface area contributed by atoms with E-state index in [2.05, 4.69) is 29.5 Å². The second-order valence-electron chi connectivity index (χ2n) is 6.04. The van der Waals surface area contributed by atoms with Crippen molar-refractivity contribution in [2.24, 2.45) is 0 Å². The smallest absolute Gasteiger partial charge is 0.267 e. The minimum atomic E-state index is -0.143. The number of rotatable bonds is 5. The van der Waals surface area contributed by atoms with Crippen molar-refractivity contribution in [3.8, 4) is 11.3 Å². The highest BCUT2D eigenvalue weighted by Gasteiger charge is 2.07. The monoisotopic (exact) mass is 347 g/mol. The van der Waals surface area contributed by atoms with Gasteiger partial charge >= 0.3 is 0 Å². The van der Waals surface area contributed by atoms with E-state index in [4.69, 9.17) is 0 Å². The van der Waals surface area contributed by atoms with Crippen LogP contribution < -0.4 is 10.9 Å². The van der Waals surface area contributed by atoms with E-state index in [-0.39, 0.29) is 11.5 Å². The van der Waals surface area contributed by atoms with E-state index in [1.54, 1.807) is 25.2 Å². The predicted molar refractivity (Wildman–Crippen MR) is 102 cm³/mol. The van der Waals surface area contributed by atoms with Gasteiger partial charge in [0.2, 0.25) is 0 Å². The molecule has 1 amide bonds. The van der Waals surface area contributed by atoms with E-state index < -0.39 is 0 Å². The minimum Gasteiger partial charge on any atom is -0.355 e. The van der Waals surface area contributed by atoms with Crippen molar-refractivity contribution >= 4 is 5.91 Å². The van der Waals surface area contributed by atoms with Crippen LogP contribution in [0, 0.1) is 0 Å². The zero-order valence-corrected chi connectivity index (χ0v) is 14.9. The molecular formula is C21H21N3O2. The summed E-state index contributed by atoms with van der Waals surface area (Å²) in [6, 6.07) is 18.6. The largest absolute Gasteiger partial charge is 0.355 e. The van der Waals surface area contributed by atoms with Gasteiger partial charge in [-0.25, -0.2) is 4.68 Å². The molecule has 0 saturated heterocycles. The Balaban J connectivity index is 1.87. The Hall–Kier alpha value is -3.21. The highest BCUT2D eigenvalue weighted by molar-refractivity contribution is 5.94. The summed E-state index contributed by atoms with van der Waals surface area (Å²) in [5.74, 6) is -0.134. The van der Waals surface area contributed by atoms with E-state index in [0.717, 1.165) is 17.5 Å². The van der Waals surface area contributed by atoms with Crippen LogP contribution in [0.5, 0.6) is 0 Å². The molecule has 0 bridgehead atoms. The Morgan fingerprint density at radius 2 is 1.62 bits per heavy atom. The van der Waals surface area contributed by atoms with Crippen LogP contribution in [0.15, 0.2) is 65.5 Å². The van der Waals surface area contributed by atoms with Crippen molar-refractivity contribution in [2.45, 2.75) is 19.9 Å². The van der Waals surface area contributed by atoms with Crippen molar-refractivity contribution in [3.63, 3.8) is 0 Å². The normalized spacial score (nSPS) is 10.5. The van der Waals surface area contributed by atoms with Gasteiger partial charge in [-0.05, 0) is 35.7 Å². The van der Waals surface area contributed by atoms with Crippen LogP contribution >= 0.6 is 0 Å². The first-order chi connectivity index (χ1) is 12.6. The lowest BCUT2D eigenvalue weighted by Crippen LogP contribution is -2.22. The van der Waals surface area contributed by atoms with Crippen molar-refractivity contribution in [1.29, 1.82) is 0 Å². The van der Waals surface area contributed by atoms with E-state index in [0.29, 0.717) is 17.8 Å². The number of hydrogen-bond donors (Lipinski definition) is 1. The Kier molecular flexibility index (Phi) is 5.27. The molecule has 1 aromatic heterocycles. The van der Waals surface area contributed by atoms with Gasteiger partial charge in [-0.3, -0.25) is 9.59 Å². The van der Waals surface area contributed by atoms with Gasteiger partial charge in [0.15, 0.2) is 0 Å². The zero-order chi connectivity index (χ0) is 18.5. The number of hydrogen-bond acceptors (Lipinski definition) is 3. The van der Waals surface area contributed by atoms with Gasteiger partial charge in [-0.1, -0.05) is 43.3 Å². The second kappa shape index (κ2) is 7.78. The van der Waals surface area contributed by atoms with Crippen LogP contribution in [0.25, 0.3) is 11.3 Å². The molecule has 5 heteroatoms. The fourth-order valence-electron chi connectivity index (χ4n) is 2.71. The van der Waals surface area contributed by atoms with Crippen molar-refractivity contribution < 1.29 is 4.79 Å². The lowest BCUT2D eigenvalue weighted by Gasteiger charge is -2.08. The van der Waals surface area contributed by atoms with E-state index in [1.807, 2.05) is 24.3 Å². The van der Waals surface area contributed by atoms with E-state index in [1.165, 1.54) is 16.3 Å². The summed E-state index contributed by atoms with van der Waals surface area (Å²) in [5, 5.41) is 7.07. The lowest BCUT2D eigenvalue weighted by molar-refractivity contribution is 0.0963. The first kappa shape index (κ1) is 17.6. The molecule has 5 nitrogen and oxygen atoms in total.